The summed E-state index contributed by atoms with van der Waals surface area (Å²) in [4.78, 5) is 23.4. The van der Waals surface area contributed by atoms with E-state index in [0.717, 1.165) is 0 Å². The van der Waals surface area contributed by atoms with Crippen LogP contribution < -0.4 is 0 Å². The molecule has 0 saturated heterocycles. The molecule has 3 aromatic carbocycles. The van der Waals surface area contributed by atoms with E-state index in [1.54, 1.807) is 62.4 Å². The Morgan fingerprint density at radius 2 is 0.971 bits per heavy atom. The number of benzene rings is 3. The van der Waals surface area contributed by atoms with Crippen LogP contribution >= 0.6 is 0 Å². The number of rotatable bonds is 8. The molecule has 0 fully saturated rings. The Hall–Kier alpha value is -4.46. The maximum atomic E-state index is 12.4. The first kappa shape index (κ1) is 24.2. The van der Waals surface area contributed by atoms with E-state index in [9.17, 15) is 20.0 Å². The Kier molecular flexibility index (Phi) is 8.12. The zero-order chi connectivity index (χ0) is 24.5. The van der Waals surface area contributed by atoms with E-state index in [4.69, 9.17) is 9.47 Å². The van der Waals surface area contributed by atoms with Crippen LogP contribution in [-0.4, -0.2) is 47.1 Å². The van der Waals surface area contributed by atoms with E-state index in [0.29, 0.717) is 43.1 Å². The smallest absolute Gasteiger partial charge is 0.338 e. The lowest BCUT2D eigenvalue weighted by Gasteiger charge is -2.06. The highest BCUT2D eigenvalue weighted by molar-refractivity contribution is 5.90. The quantitative estimate of drug-likeness (QED) is 0.160. The zero-order valence-corrected chi connectivity index (χ0v) is 18.8. The summed E-state index contributed by atoms with van der Waals surface area (Å²) in [6.07, 6.45) is 2.79. The number of esters is 2. The molecule has 0 radical (unpaired) electrons. The molecule has 0 saturated carbocycles. The van der Waals surface area contributed by atoms with Crippen molar-refractivity contribution in [2.75, 3.05) is 13.2 Å². The third kappa shape index (κ3) is 6.29. The molecule has 0 aliphatic rings. The predicted octanol–water partition coefficient (Wildman–Crippen LogP) is 4.56. The van der Waals surface area contributed by atoms with E-state index in [-0.39, 0.29) is 13.2 Å². The fourth-order valence-corrected chi connectivity index (χ4v) is 3.01. The number of carbonyl (C=O) groups is 2. The van der Waals surface area contributed by atoms with Gasteiger partial charge in [-0.15, -0.1) is 0 Å². The molecule has 0 atom stereocenters. The Morgan fingerprint density at radius 3 is 1.26 bits per heavy atom. The third-order valence-corrected chi connectivity index (χ3v) is 4.73. The summed E-state index contributed by atoms with van der Waals surface area (Å²) in [5.74, 6) is -0.880. The number of nitrogens with zero attached hydrogens (tertiary/aromatic N) is 2. The minimum atomic E-state index is -0.440. The van der Waals surface area contributed by atoms with Gasteiger partial charge in [-0.25, -0.2) is 9.59 Å². The average Bonchev–Trinajstić information content (AvgIpc) is 2.85. The lowest BCUT2D eigenvalue weighted by Crippen LogP contribution is -2.05. The first-order valence-corrected chi connectivity index (χ1v) is 10.7. The molecule has 0 aromatic heterocycles. The van der Waals surface area contributed by atoms with Gasteiger partial charge in [0.2, 0.25) is 11.4 Å². The zero-order valence-electron chi connectivity index (χ0n) is 18.8. The van der Waals surface area contributed by atoms with Crippen LogP contribution in [0.2, 0.25) is 0 Å². The van der Waals surface area contributed by atoms with Gasteiger partial charge in [0.05, 0.1) is 24.3 Å². The lowest BCUT2D eigenvalue weighted by molar-refractivity contribution is -0.354. The topological polar surface area (TPSA) is 105 Å². The van der Waals surface area contributed by atoms with E-state index < -0.39 is 11.9 Å². The molecule has 0 aliphatic heterocycles. The van der Waals surface area contributed by atoms with Crippen LogP contribution in [0.25, 0.3) is 0 Å². The van der Waals surface area contributed by atoms with Crippen molar-refractivity contribution < 1.29 is 28.5 Å². The number of hydrogen-bond donors (Lipinski definition) is 0. The highest BCUT2D eigenvalue weighted by Gasteiger charge is 2.10. The van der Waals surface area contributed by atoms with Crippen molar-refractivity contribution in [3.63, 3.8) is 0 Å². The largest absolute Gasteiger partial charge is 0.618 e. The molecular formula is C26H24N2O6. The van der Waals surface area contributed by atoms with E-state index in [1.165, 1.54) is 36.7 Å². The molecule has 8 heteroatoms. The number of ether oxygens (including phenoxy) is 2. The van der Waals surface area contributed by atoms with Crippen molar-refractivity contribution in [2.45, 2.75) is 13.8 Å². The molecule has 34 heavy (non-hydrogen) atoms. The van der Waals surface area contributed by atoms with Crippen LogP contribution in [0.3, 0.4) is 0 Å². The summed E-state index contributed by atoms with van der Waals surface area (Å²) in [6, 6.07) is 19.1. The Balaban J connectivity index is 1.69. The van der Waals surface area contributed by atoms with Crippen molar-refractivity contribution in [1.29, 1.82) is 0 Å². The molecule has 8 nitrogen and oxygen atoms in total. The first-order valence-electron chi connectivity index (χ1n) is 10.7. The summed E-state index contributed by atoms with van der Waals surface area (Å²) in [7, 11) is 0. The molecule has 0 bridgehead atoms. The highest BCUT2D eigenvalue weighted by atomic mass is 16.5. The van der Waals surface area contributed by atoms with Crippen molar-refractivity contribution in [1.82, 2.24) is 0 Å². The molecule has 0 aliphatic carbocycles. The fraction of sp³-hybridized carbons (Fsp3) is 0.154. The van der Waals surface area contributed by atoms with Gasteiger partial charge in [-0.05, 0) is 62.4 Å². The van der Waals surface area contributed by atoms with Gasteiger partial charge in [-0.2, -0.15) is 9.48 Å². The predicted molar refractivity (Wildman–Crippen MR) is 128 cm³/mol. The third-order valence-electron chi connectivity index (χ3n) is 4.73. The van der Waals surface area contributed by atoms with E-state index in [2.05, 4.69) is 0 Å². The highest BCUT2D eigenvalue weighted by Crippen LogP contribution is 2.15. The second-order valence-electron chi connectivity index (χ2n) is 7.11. The fourth-order valence-electron chi connectivity index (χ4n) is 3.01. The SMILES string of the molecule is CCOC(=O)c1ccc(/[N+]([O-])=C/c2ccc(/C=[N+](\[O-])c3ccc(C(=O)OCC)cc3)cc2)cc1. The van der Waals surface area contributed by atoms with Gasteiger partial charge in [0.25, 0.3) is 0 Å². The summed E-state index contributed by atoms with van der Waals surface area (Å²) < 4.78 is 11.2. The van der Waals surface area contributed by atoms with Gasteiger partial charge in [-0.1, -0.05) is 0 Å². The minimum Gasteiger partial charge on any atom is -0.618 e. The molecule has 3 aromatic rings. The maximum absolute atomic E-state index is 12.4. The van der Waals surface area contributed by atoms with Crippen molar-refractivity contribution in [3.8, 4) is 0 Å². The van der Waals surface area contributed by atoms with Crippen molar-refractivity contribution in [3.05, 3.63) is 105 Å². The van der Waals surface area contributed by atoms with Crippen molar-refractivity contribution >= 4 is 35.7 Å². The maximum Gasteiger partial charge on any atom is 0.338 e. The second kappa shape index (κ2) is 11.4. The van der Waals surface area contributed by atoms with Crippen LogP contribution in [0.15, 0.2) is 72.8 Å². The van der Waals surface area contributed by atoms with Gasteiger partial charge >= 0.3 is 11.9 Å². The normalized spacial score (nSPS) is 11.7. The van der Waals surface area contributed by atoms with E-state index >= 15 is 0 Å². The first-order chi connectivity index (χ1) is 16.4. The van der Waals surface area contributed by atoms with Gasteiger partial charge < -0.3 is 19.9 Å². The van der Waals surface area contributed by atoms with Crippen LogP contribution in [0.5, 0.6) is 0 Å². The molecule has 0 N–H and O–H groups in total. The standard InChI is InChI=1S/C26H24N2O6/c1-3-33-25(29)21-9-13-23(14-10-21)27(31)17-19-5-7-20(8-6-19)18-28(32)24-15-11-22(12-16-24)26(30)34-4-2/h5-18H,3-4H2,1-2H3/b27-17-,28-18-. The molecule has 0 unspecified atom stereocenters. The van der Waals surface area contributed by atoms with E-state index in [1.807, 2.05) is 0 Å². The Bertz CT molecular complexity index is 1100. The minimum absolute atomic E-state index is 0.279. The average molecular weight is 460 g/mol. The molecule has 0 spiro atoms. The molecular weight excluding hydrogens is 436 g/mol. The van der Waals surface area contributed by atoms with Crippen LogP contribution in [0, 0.1) is 10.4 Å². The molecule has 3 rings (SSSR count). The van der Waals surface area contributed by atoms with Gasteiger partial charge in [0, 0.05) is 35.4 Å². The molecule has 0 heterocycles. The Morgan fingerprint density at radius 1 is 0.647 bits per heavy atom. The second-order valence-corrected chi connectivity index (χ2v) is 7.11. The van der Waals surface area contributed by atoms with Crippen LogP contribution in [0.4, 0.5) is 11.4 Å². The van der Waals surface area contributed by atoms with Gasteiger partial charge in [-0.3, -0.25) is 0 Å². The van der Waals surface area contributed by atoms with Gasteiger partial charge in [0.15, 0.2) is 12.4 Å². The monoisotopic (exact) mass is 460 g/mol. The van der Waals surface area contributed by atoms with Crippen LogP contribution in [-0.2, 0) is 9.47 Å². The summed E-state index contributed by atoms with van der Waals surface area (Å²) in [5.41, 5.74) is 2.74. The summed E-state index contributed by atoms with van der Waals surface area (Å²) >= 11 is 0. The molecule has 174 valence electrons. The van der Waals surface area contributed by atoms with Gasteiger partial charge in [0.1, 0.15) is 0 Å². The summed E-state index contributed by atoms with van der Waals surface area (Å²) in [5, 5.41) is 24.9. The summed E-state index contributed by atoms with van der Waals surface area (Å²) in [6.45, 7) is 4.01. The number of carbonyl (C=O) groups excluding carboxylic acids is 2. The van der Waals surface area contributed by atoms with Crippen LogP contribution in [0.1, 0.15) is 45.7 Å². The number of hydrogen-bond acceptors (Lipinski definition) is 6. The Labute approximate surface area is 197 Å². The molecule has 0 amide bonds. The van der Waals surface area contributed by atoms with Crippen molar-refractivity contribution in [2.24, 2.45) is 0 Å². The lowest BCUT2D eigenvalue weighted by atomic mass is 10.1.